The summed E-state index contributed by atoms with van der Waals surface area (Å²) in [6, 6.07) is 11.9. The van der Waals surface area contributed by atoms with Crippen molar-refractivity contribution < 1.29 is 14.3 Å². The molecule has 130 valence electrons. The van der Waals surface area contributed by atoms with Crippen molar-refractivity contribution in [1.82, 2.24) is 0 Å². The van der Waals surface area contributed by atoms with Crippen LogP contribution in [0.3, 0.4) is 0 Å². The van der Waals surface area contributed by atoms with Crippen LogP contribution in [0.5, 0.6) is 0 Å². The summed E-state index contributed by atoms with van der Waals surface area (Å²) < 4.78 is 5.53. The lowest BCUT2D eigenvalue weighted by atomic mass is 10.1. The first-order valence-corrected chi connectivity index (χ1v) is 10.4. The molecule has 0 aliphatic carbocycles. The lowest BCUT2D eigenvalue weighted by molar-refractivity contribution is 0.0475. The number of carbonyl (C=O) groups is 2. The second-order valence-electron chi connectivity index (χ2n) is 5.32. The van der Waals surface area contributed by atoms with Crippen molar-refractivity contribution in [1.29, 1.82) is 0 Å². The van der Waals surface area contributed by atoms with Crippen LogP contribution < -0.4 is 0 Å². The third-order valence-corrected chi connectivity index (χ3v) is 7.26. The van der Waals surface area contributed by atoms with Crippen LogP contribution in [0, 0.1) is 0 Å². The van der Waals surface area contributed by atoms with E-state index in [1.165, 1.54) is 17.7 Å². The van der Waals surface area contributed by atoms with Gasteiger partial charge in [-0.1, -0.05) is 35.3 Å². The van der Waals surface area contributed by atoms with Gasteiger partial charge in [0.1, 0.15) is 0 Å². The molecule has 0 bridgehead atoms. The van der Waals surface area contributed by atoms with E-state index in [0.717, 1.165) is 11.5 Å². The van der Waals surface area contributed by atoms with Crippen LogP contribution in [-0.4, -0.2) is 29.9 Å². The zero-order chi connectivity index (χ0) is 17.8. The number of Topliss-reactive ketones (excluding diaryl/α,β-unsaturated/α-hetero) is 1. The Kier molecular flexibility index (Phi) is 6.34. The van der Waals surface area contributed by atoms with E-state index < -0.39 is 5.97 Å². The summed E-state index contributed by atoms with van der Waals surface area (Å²) in [5.74, 6) is 1.39. The molecule has 1 aliphatic rings. The van der Waals surface area contributed by atoms with Gasteiger partial charge in [0, 0.05) is 22.1 Å². The van der Waals surface area contributed by atoms with Crippen molar-refractivity contribution in [2.24, 2.45) is 0 Å². The van der Waals surface area contributed by atoms with Gasteiger partial charge in [-0.05, 0) is 35.9 Å². The summed E-state index contributed by atoms with van der Waals surface area (Å²) in [5, 5.41) is 0.682. The molecule has 25 heavy (non-hydrogen) atoms. The smallest absolute Gasteiger partial charge is 0.338 e. The third-order valence-electron chi connectivity index (χ3n) is 3.61. The van der Waals surface area contributed by atoms with Crippen LogP contribution in [-0.2, 0) is 4.74 Å². The van der Waals surface area contributed by atoms with E-state index in [4.69, 9.17) is 27.9 Å². The highest BCUT2D eigenvalue weighted by Crippen LogP contribution is 2.45. The van der Waals surface area contributed by atoms with Gasteiger partial charge >= 0.3 is 5.97 Å². The molecule has 7 heteroatoms. The van der Waals surface area contributed by atoms with Crippen molar-refractivity contribution in [3.05, 3.63) is 69.2 Å². The van der Waals surface area contributed by atoms with Gasteiger partial charge in [0.05, 0.1) is 15.2 Å². The van der Waals surface area contributed by atoms with E-state index in [0.29, 0.717) is 15.2 Å². The fourth-order valence-corrected chi connectivity index (χ4v) is 5.71. The standard InChI is InChI=1S/C18H14Cl2O3S2/c19-13-5-6-14(15(20)9-13)16(21)10-23-17(22)11-1-3-12(4-2-11)18-24-7-8-25-18/h1-6,9,18H,7-8,10H2. The van der Waals surface area contributed by atoms with Crippen LogP contribution in [0.2, 0.25) is 10.0 Å². The lowest BCUT2D eigenvalue weighted by Crippen LogP contribution is -2.14. The number of esters is 1. The van der Waals surface area contributed by atoms with Crippen molar-refractivity contribution in [2.45, 2.75) is 4.58 Å². The monoisotopic (exact) mass is 412 g/mol. The second kappa shape index (κ2) is 8.49. The zero-order valence-electron chi connectivity index (χ0n) is 13.0. The maximum Gasteiger partial charge on any atom is 0.338 e. The maximum absolute atomic E-state index is 12.1. The minimum Gasteiger partial charge on any atom is -0.454 e. The first-order valence-electron chi connectivity index (χ1n) is 7.53. The van der Waals surface area contributed by atoms with Crippen LogP contribution in [0.4, 0.5) is 0 Å². The molecule has 0 amide bonds. The van der Waals surface area contributed by atoms with Gasteiger partial charge in [-0.15, -0.1) is 23.5 Å². The summed E-state index contributed by atoms with van der Waals surface area (Å²) >= 11 is 15.6. The number of hydrogen-bond donors (Lipinski definition) is 0. The van der Waals surface area contributed by atoms with E-state index in [2.05, 4.69) is 0 Å². The Bertz CT molecular complexity index is 787. The molecule has 2 aromatic carbocycles. The molecule has 0 aromatic heterocycles. The van der Waals surface area contributed by atoms with Crippen molar-refractivity contribution in [2.75, 3.05) is 18.1 Å². The maximum atomic E-state index is 12.1. The van der Waals surface area contributed by atoms with E-state index in [-0.39, 0.29) is 23.0 Å². The third kappa shape index (κ3) is 4.73. The molecule has 1 aliphatic heterocycles. The number of halogens is 2. The van der Waals surface area contributed by atoms with Crippen LogP contribution >= 0.6 is 46.7 Å². The zero-order valence-corrected chi connectivity index (χ0v) is 16.2. The molecular formula is C18H14Cl2O3S2. The lowest BCUT2D eigenvalue weighted by Gasteiger charge is -2.09. The highest BCUT2D eigenvalue weighted by molar-refractivity contribution is 8.19. The molecular weight excluding hydrogens is 399 g/mol. The van der Waals surface area contributed by atoms with Gasteiger partial charge in [0.15, 0.2) is 6.61 Å². The Labute approximate surface area is 164 Å². The van der Waals surface area contributed by atoms with Gasteiger partial charge in [-0.3, -0.25) is 4.79 Å². The molecule has 1 fully saturated rings. The Morgan fingerprint density at radius 2 is 1.72 bits per heavy atom. The number of hydrogen-bond acceptors (Lipinski definition) is 5. The Morgan fingerprint density at radius 1 is 1.04 bits per heavy atom. The van der Waals surface area contributed by atoms with Gasteiger partial charge in [-0.2, -0.15) is 0 Å². The van der Waals surface area contributed by atoms with Crippen molar-refractivity contribution in [3.63, 3.8) is 0 Å². The summed E-state index contributed by atoms with van der Waals surface area (Å²) in [5.41, 5.74) is 1.89. The minimum absolute atomic E-state index is 0.240. The molecule has 0 atom stereocenters. The fourth-order valence-electron chi connectivity index (χ4n) is 2.33. The predicted molar refractivity (Wildman–Crippen MR) is 105 cm³/mol. The topological polar surface area (TPSA) is 43.4 Å². The normalized spacial score (nSPS) is 14.5. The number of thioether (sulfide) groups is 2. The first-order chi connectivity index (χ1) is 12.0. The number of rotatable bonds is 5. The summed E-state index contributed by atoms with van der Waals surface area (Å²) in [7, 11) is 0. The summed E-state index contributed by atoms with van der Waals surface area (Å²) in [4.78, 5) is 24.2. The van der Waals surface area contributed by atoms with E-state index >= 15 is 0 Å². The van der Waals surface area contributed by atoms with Gasteiger partial charge in [-0.25, -0.2) is 4.79 Å². The summed E-state index contributed by atoms with van der Waals surface area (Å²) in [6.07, 6.45) is 0. The number of ketones is 1. The molecule has 0 spiro atoms. The Balaban J connectivity index is 1.59. The molecule has 2 aromatic rings. The number of ether oxygens (including phenoxy) is 1. The molecule has 1 saturated heterocycles. The summed E-state index contributed by atoms with van der Waals surface area (Å²) in [6.45, 7) is -0.365. The fraction of sp³-hybridized carbons (Fsp3) is 0.222. The van der Waals surface area contributed by atoms with Gasteiger partial charge in [0.25, 0.3) is 0 Å². The Hall–Kier alpha value is -1.14. The van der Waals surface area contributed by atoms with E-state index in [1.807, 2.05) is 35.7 Å². The predicted octanol–water partition coefficient (Wildman–Crippen LogP) is 5.51. The minimum atomic E-state index is -0.531. The van der Waals surface area contributed by atoms with Crippen molar-refractivity contribution in [3.8, 4) is 0 Å². The van der Waals surface area contributed by atoms with Crippen LogP contribution in [0.1, 0.15) is 30.9 Å². The first kappa shape index (κ1) is 18.6. The molecule has 0 N–H and O–H groups in total. The molecule has 0 radical (unpaired) electrons. The average molecular weight is 413 g/mol. The Morgan fingerprint density at radius 3 is 2.36 bits per heavy atom. The van der Waals surface area contributed by atoms with Crippen molar-refractivity contribution >= 4 is 58.5 Å². The molecule has 0 unspecified atom stereocenters. The second-order valence-corrected chi connectivity index (χ2v) is 8.89. The highest BCUT2D eigenvalue weighted by atomic mass is 35.5. The van der Waals surface area contributed by atoms with Gasteiger partial charge in [0.2, 0.25) is 5.78 Å². The van der Waals surface area contributed by atoms with E-state index in [1.54, 1.807) is 18.2 Å². The van der Waals surface area contributed by atoms with Gasteiger partial charge < -0.3 is 4.74 Å². The van der Waals surface area contributed by atoms with Crippen LogP contribution in [0.15, 0.2) is 42.5 Å². The molecule has 3 nitrogen and oxygen atoms in total. The SMILES string of the molecule is O=C(OCC(=O)c1ccc(Cl)cc1Cl)c1ccc(C2SCCS2)cc1. The molecule has 1 heterocycles. The largest absolute Gasteiger partial charge is 0.454 e. The molecule has 3 rings (SSSR count). The van der Waals surface area contributed by atoms with E-state index in [9.17, 15) is 9.59 Å². The molecule has 0 saturated carbocycles. The highest BCUT2D eigenvalue weighted by Gasteiger charge is 2.19. The quantitative estimate of drug-likeness (QED) is 0.478. The average Bonchev–Trinajstić information content (AvgIpc) is 3.14. The number of benzene rings is 2. The number of carbonyl (C=O) groups excluding carboxylic acids is 2. The van der Waals surface area contributed by atoms with Crippen LogP contribution in [0.25, 0.3) is 0 Å².